The molecule has 2 heterocycles. The number of piperidine rings is 1. The van der Waals surface area contributed by atoms with Gasteiger partial charge in [0.05, 0.1) is 6.61 Å². The van der Waals surface area contributed by atoms with Gasteiger partial charge in [-0.1, -0.05) is 11.6 Å². The second-order valence-corrected chi connectivity index (χ2v) is 7.30. The lowest BCUT2D eigenvalue weighted by Crippen LogP contribution is -2.52. The van der Waals surface area contributed by atoms with Crippen LogP contribution >= 0.6 is 0 Å². The van der Waals surface area contributed by atoms with E-state index < -0.39 is 11.4 Å². The van der Waals surface area contributed by atoms with Gasteiger partial charge in [-0.15, -0.1) is 0 Å². The Labute approximate surface area is 153 Å². The molecular formula is C20H26N2O4. The Morgan fingerprint density at radius 2 is 2.19 bits per heavy atom. The number of carbonyl (C=O) groups excluding carboxylic acids is 1. The van der Waals surface area contributed by atoms with Crippen LogP contribution in [0.25, 0.3) is 10.9 Å². The predicted molar refractivity (Wildman–Crippen MR) is 99.1 cm³/mol. The third kappa shape index (κ3) is 3.60. The summed E-state index contributed by atoms with van der Waals surface area (Å²) in [6.45, 7) is 3.02. The van der Waals surface area contributed by atoms with Crippen LogP contribution in [-0.2, 0) is 20.7 Å². The Bertz CT molecular complexity index is 809. The number of aromatic nitrogens is 1. The van der Waals surface area contributed by atoms with Crippen LogP contribution in [0.5, 0.6) is 0 Å². The quantitative estimate of drug-likeness (QED) is 0.832. The minimum Gasteiger partial charge on any atom is -0.481 e. The number of nitrogens with zero attached hydrogens (tertiary/aromatic N) is 1. The van der Waals surface area contributed by atoms with Gasteiger partial charge >= 0.3 is 5.97 Å². The first kappa shape index (κ1) is 18.5. The van der Waals surface area contributed by atoms with Gasteiger partial charge in [0.25, 0.3) is 0 Å². The van der Waals surface area contributed by atoms with Gasteiger partial charge in [-0.25, -0.2) is 0 Å². The van der Waals surface area contributed by atoms with Crippen molar-refractivity contribution in [2.24, 2.45) is 5.41 Å². The van der Waals surface area contributed by atoms with Gasteiger partial charge in [0, 0.05) is 43.7 Å². The zero-order valence-corrected chi connectivity index (χ0v) is 15.4. The number of ether oxygens (including phenoxy) is 1. The van der Waals surface area contributed by atoms with E-state index in [9.17, 15) is 14.7 Å². The van der Waals surface area contributed by atoms with E-state index in [1.54, 1.807) is 4.90 Å². The molecule has 0 saturated carbocycles. The number of aryl methyl sites for hydroxylation is 2. The number of nitrogens with one attached hydrogen (secondary N) is 1. The fourth-order valence-corrected chi connectivity index (χ4v) is 3.87. The zero-order chi connectivity index (χ0) is 18.7. The topological polar surface area (TPSA) is 82.6 Å². The first-order valence-electron chi connectivity index (χ1n) is 9.02. The molecule has 1 fully saturated rings. The van der Waals surface area contributed by atoms with Crippen molar-refractivity contribution in [1.82, 2.24) is 9.88 Å². The molecule has 0 radical (unpaired) electrons. The highest BCUT2D eigenvalue weighted by Crippen LogP contribution is 2.31. The lowest BCUT2D eigenvalue weighted by molar-refractivity contribution is -0.159. The molecule has 0 spiro atoms. The molecule has 0 bridgehead atoms. The van der Waals surface area contributed by atoms with E-state index in [0.717, 1.165) is 16.5 Å². The molecule has 3 rings (SSSR count). The number of fused-ring (bicyclic) bond motifs is 1. The van der Waals surface area contributed by atoms with Crippen LogP contribution in [0, 0.1) is 12.3 Å². The van der Waals surface area contributed by atoms with Gasteiger partial charge in [0.15, 0.2) is 0 Å². The number of methoxy groups -OCH3 is 1. The number of aliphatic carboxylic acids is 1. The monoisotopic (exact) mass is 358 g/mol. The Morgan fingerprint density at radius 3 is 2.92 bits per heavy atom. The summed E-state index contributed by atoms with van der Waals surface area (Å²) in [5, 5.41) is 10.8. The van der Waals surface area contributed by atoms with Crippen molar-refractivity contribution >= 4 is 22.8 Å². The minimum absolute atomic E-state index is 0.00781. The molecule has 1 aliphatic heterocycles. The number of likely N-dealkylation sites (tertiary alicyclic amines) is 1. The smallest absolute Gasteiger partial charge is 0.313 e. The molecule has 0 aliphatic carbocycles. The number of hydrogen-bond acceptors (Lipinski definition) is 3. The Kier molecular flexibility index (Phi) is 5.32. The summed E-state index contributed by atoms with van der Waals surface area (Å²) in [7, 11) is 1.50. The van der Waals surface area contributed by atoms with Crippen molar-refractivity contribution in [3.8, 4) is 0 Å². The van der Waals surface area contributed by atoms with Gasteiger partial charge in [-0.05, 0) is 43.9 Å². The minimum atomic E-state index is -0.986. The lowest BCUT2D eigenvalue weighted by Gasteiger charge is -2.39. The number of benzene rings is 1. The van der Waals surface area contributed by atoms with Crippen LogP contribution < -0.4 is 0 Å². The fraction of sp³-hybridized carbons (Fsp3) is 0.500. The molecule has 1 saturated heterocycles. The third-order valence-corrected chi connectivity index (χ3v) is 5.34. The molecule has 1 amide bonds. The number of carboxylic acid groups (broad SMARTS) is 1. The van der Waals surface area contributed by atoms with Crippen LogP contribution in [-0.4, -0.2) is 53.7 Å². The fourth-order valence-electron chi connectivity index (χ4n) is 3.87. The Morgan fingerprint density at radius 1 is 1.38 bits per heavy atom. The number of amides is 1. The lowest BCUT2D eigenvalue weighted by atomic mass is 9.80. The number of rotatable bonds is 6. The molecule has 1 aromatic heterocycles. The molecule has 6 heteroatoms. The first-order chi connectivity index (χ1) is 12.4. The van der Waals surface area contributed by atoms with Crippen molar-refractivity contribution in [1.29, 1.82) is 0 Å². The second-order valence-electron chi connectivity index (χ2n) is 7.30. The summed E-state index contributed by atoms with van der Waals surface area (Å²) >= 11 is 0. The van der Waals surface area contributed by atoms with E-state index in [-0.39, 0.29) is 19.1 Å². The van der Waals surface area contributed by atoms with Gasteiger partial charge in [0.1, 0.15) is 5.41 Å². The molecule has 1 unspecified atom stereocenters. The molecule has 6 nitrogen and oxygen atoms in total. The molecular weight excluding hydrogens is 332 g/mol. The summed E-state index contributed by atoms with van der Waals surface area (Å²) in [5.74, 6) is -0.877. The largest absolute Gasteiger partial charge is 0.481 e. The van der Waals surface area contributed by atoms with E-state index in [0.29, 0.717) is 32.2 Å². The Balaban J connectivity index is 1.67. The average molecular weight is 358 g/mol. The van der Waals surface area contributed by atoms with Gasteiger partial charge in [-0.2, -0.15) is 0 Å². The average Bonchev–Trinajstić information content (AvgIpc) is 3.02. The van der Waals surface area contributed by atoms with Crippen LogP contribution in [0.3, 0.4) is 0 Å². The molecule has 1 aromatic carbocycles. The molecule has 1 atom stereocenters. The highest BCUT2D eigenvalue weighted by atomic mass is 16.5. The van der Waals surface area contributed by atoms with Crippen molar-refractivity contribution < 1.29 is 19.4 Å². The van der Waals surface area contributed by atoms with Crippen molar-refractivity contribution in [2.75, 3.05) is 26.8 Å². The van der Waals surface area contributed by atoms with Crippen LogP contribution in [0.15, 0.2) is 24.4 Å². The number of hydrogen-bond donors (Lipinski definition) is 2. The number of H-pyrrole nitrogens is 1. The molecule has 2 N–H and O–H groups in total. The molecule has 140 valence electrons. The van der Waals surface area contributed by atoms with E-state index in [2.05, 4.69) is 24.0 Å². The summed E-state index contributed by atoms with van der Waals surface area (Å²) in [4.78, 5) is 29.4. The van der Waals surface area contributed by atoms with Crippen LogP contribution in [0.2, 0.25) is 0 Å². The second kappa shape index (κ2) is 7.50. The number of aromatic amines is 1. The first-order valence-corrected chi connectivity index (χ1v) is 9.02. The zero-order valence-electron chi connectivity index (χ0n) is 15.4. The number of carbonyl (C=O) groups is 2. The standard InChI is InChI=1S/C20H26N2O4/c1-14-4-6-17-16(10-14)15(11-21-17)5-7-18(23)22-9-3-8-20(12-22,13-26-2)19(24)25/h4,6,10-11,21H,3,5,7-9,12-13H2,1-2H3,(H,24,25). The summed E-state index contributed by atoms with van der Waals surface area (Å²) in [6, 6.07) is 6.23. The normalized spacial score (nSPS) is 20.5. The van der Waals surface area contributed by atoms with E-state index in [1.807, 2.05) is 12.3 Å². The van der Waals surface area contributed by atoms with Gasteiger partial charge < -0.3 is 19.7 Å². The summed E-state index contributed by atoms with van der Waals surface area (Å²) in [5.41, 5.74) is 2.39. The third-order valence-electron chi connectivity index (χ3n) is 5.34. The maximum absolute atomic E-state index is 12.7. The summed E-state index contributed by atoms with van der Waals surface area (Å²) < 4.78 is 5.13. The van der Waals surface area contributed by atoms with Crippen molar-refractivity contribution in [2.45, 2.75) is 32.6 Å². The predicted octanol–water partition coefficient (Wildman–Crippen LogP) is 2.75. The maximum Gasteiger partial charge on any atom is 0.313 e. The SMILES string of the molecule is COCC1(C(=O)O)CCCN(C(=O)CCc2c[nH]c3ccc(C)cc23)C1. The highest BCUT2D eigenvalue weighted by Gasteiger charge is 2.43. The Hall–Kier alpha value is -2.34. The summed E-state index contributed by atoms with van der Waals surface area (Å²) in [6.07, 6.45) is 4.21. The maximum atomic E-state index is 12.7. The highest BCUT2D eigenvalue weighted by molar-refractivity contribution is 5.85. The van der Waals surface area contributed by atoms with E-state index >= 15 is 0 Å². The van der Waals surface area contributed by atoms with Crippen LogP contribution in [0.4, 0.5) is 0 Å². The molecule has 1 aliphatic rings. The van der Waals surface area contributed by atoms with E-state index in [4.69, 9.17) is 4.74 Å². The van der Waals surface area contributed by atoms with Crippen LogP contribution in [0.1, 0.15) is 30.4 Å². The molecule has 2 aromatic rings. The number of carboxylic acids is 1. The van der Waals surface area contributed by atoms with Gasteiger partial charge in [-0.3, -0.25) is 9.59 Å². The van der Waals surface area contributed by atoms with Crippen molar-refractivity contribution in [3.05, 3.63) is 35.5 Å². The molecule has 26 heavy (non-hydrogen) atoms. The van der Waals surface area contributed by atoms with Crippen molar-refractivity contribution in [3.63, 3.8) is 0 Å². The van der Waals surface area contributed by atoms with E-state index in [1.165, 1.54) is 12.7 Å². The van der Waals surface area contributed by atoms with Gasteiger partial charge in [0.2, 0.25) is 5.91 Å².